The van der Waals surface area contributed by atoms with Crippen LogP contribution in [-0.4, -0.2) is 3.26 Å². The summed E-state index contributed by atoms with van der Waals surface area (Å²) < 4.78 is 8.14. The maximum absolute atomic E-state index is 4.47. The van der Waals surface area contributed by atoms with Crippen molar-refractivity contribution in [3.63, 3.8) is 0 Å². The van der Waals surface area contributed by atoms with Crippen molar-refractivity contribution in [3.05, 3.63) is 202 Å². The standard InChI is InChI=1S/2C18H17.C15H14.2CH3.Hf/c2*1-13(2)14-9-11-16(12-10-14)18-8-4-6-15-5-3-7-17(15)18;1-3-8-14(9-4-1)12-7-13-15-10-5-2-6-11-15;;;/h2*3-13H,1-2H3;1-6,8-11H,12-13H2;2*1H3;. The average molecular weight is 870 g/mol. The predicted octanol–water partition coefficient (Wildman–Crippen LogP) is 14.5. The molecule has 0 heterocycles. The molecule has 54 heavy (non-hydrogen) atoms. The Hall–Kier alpha value is -4.46. The molecule has 0 radical (unpaired) electrons. The van der Waals surface area contributed by atoms with Crippen LogP contribution >= 0.6 is 0 Å². The number of hydrogen-bond acceptors (Lipinski definition) is 0. The molecule has 8 rings (SSSR count). The van der Waals surface area contributed by atoms with Gasteiger partial charge < -0.3 is 0 Å². The van der Waals surface area contributed by atoms with Gasteiger partial charge in [0, 0.05) is 0 Å². The maximum atomic E-state index is 2.82. The van der Waals surface area contributed by atoms with Crippen LogP contribution in [0.3, 0.4) is 0 Å². The second-order valence-corrected chi connectivity index (χ2v) is 43.1. The topological polar surface area (TPSA) is 0 Å². The van der Waals surface area contributed by atoms with Gasteiger partial charge in [-0.15, -0.1) is 0 Å². The number of benzene rings is 6. The predicted molar refractivity (Wildman–Crippen MR) is 233 cm³/mol. The fourth-order valence-corrected chi connectivity index (χ4v) is 33.4. The Bertz CT molecular complexity index is 2250. The van der Waals surface area contributed by atoms with Gasteiger partial charge in [0.2, 0.25) is 0 Å². The molecule has 0 fully saturated rings. The minimum absolute atomic E-state index is 0.365. The Kier molecular flexibility index (Phi) is 9.90. The van der Waals surface area contributed by atoms with Crippen LogP contribution in [0.15, 0.2) is 158 Å². The van der Waals surface area contributed by atoms with Crippen LogP contribution in [0.4, 0.5) is 0 Å². The number of hydrogen-bond donors (Lipinski definition) is 0. The molecule has 0 bridgehead atoms. The van der Waals surface area contributed by atoms with Crippen molar-refractivity contribution in [2.24, 2.45) is 0 Å². The molecule has 0 spiro atoms. The van der Waals surface area contributed by atoms with E-state index in [0.717, 1.165) is 12.8 Å². The summed E-state index contributed by atoms with van der Waals surface area (Å²) in [5.41, 5.74) is 16.8. The van der Waals surface area contributed by atoms with Crippen molar-refractivity contribution in [2.45, 2.75) is 69.1 Å². The van der Waals surface area contributed by atoms with Crippen LogP contribution in [0.5, 0.6) is 0 Å². The van der Waals surface area contributed by atoms with Gasteiger partial charge in [-0.2, -0.15) is 0 Å². The Morgan fingerprint density at radius 1 is 0.463 bits per heavy atom. The van der Waals surface area contributed by atoms with Gasteiger partial charge >= 0.3 is 327 Å². The van der Waals surface area contributed by atoms with Crippen molar-refractivity contribution in [2.75, 3.05) is 0 Å². The van der Waals surface area contributed by atoms with Gasteiger partial charge in [0.15, 0.2) is 0 Å². The van der Waals surface area contributed by atoms with Gasteiger partial charge in [0.05, 0.1) is 0 Å². The van der Waals surface area contributed by atoms with Crippen LogP contribution < -0.4 is 0 Å². The summed E-state index contributed by atoms with van der Waals surface area (Å²) in [7, 11) is 0. The molecular weight excluding hydrogens is 815 g/mol. The van der Waals surface area contributed by atoms with Crippen molar-refractivity contribution in [1.82, 2.24) is 0 Å². The number of rotatable bonds is 10. The third-order valence-electron chi connectivity index (χ3n) is 13.2. The van der Waals surface area contributed by atoms with Crippen LogP contribution in [-0.2, 0) is 30.9 Å². The number of allylic oxidation sites excluding steroid dienone is 2. The van der Waals surface area contributed by atoms with E-state index in [-0.39, 0.29) is 0 Å². The summed E-state index contributed by atoms with van der Waals surface area (Å²) in [5, 5.41) is 0. The molecule has 0 nitrogen and oxygen atoms in total. The van der Waals surface area contributed by atoms with Crippen molar-refractivity contribution < 1.29 is 18.0 Å². The van der Waals surface area contributed by atoms with E-state index in [2.05, 4.69) is 207 Å². The van der Waals surface area contributed by atoms with E-state index in [1.807, 2.05) is 0 Å². The third kappa shape index (κ3) is 6.53. The van der Waals surface area contributed by atoms with E-state index in [0.29, 0.717) is 19.2 Å². The summed E-state index contributed by atoms with van der Waals surface area (Å²) in [4.78, 5) is 0. The first-order chi connectivity index (χ1) is 26.1. The van der Waals surface area contributed by atoms with Crippen molar-refractivity contribution in [3.8, 4) is 22.3 Å². The molecule has 0 aromatic heterocycles. The molecule has 0 aliphatic heterocycles. The van der Waals surface area contributed by atoms with Gasteiger partial charge in [-0.3, -0.25) is 0 Å². The second kappa shape index (κ2) is 14.6. The van der Waals surface area contributed by atoms with E-state index < -0.39 is 18.0 Å². The van der Waals surface area contributed by atoms with Crippen LogP contribution in [0.2, 0.25) is 9.36 Å². The summed E-state index contributed by atoms with van der Waals surface area (Å²) in [6.45, 7) is 9.10. The molecule has 2 aliphatic rings. The molecule has 0 saturated heterocycles. The van der Waals surface area contributed by atoms with Crippen molar-refractivity contribution >= 4 is 15.4 Å². The summed E-state index contributed by atoms with van der Waals surface area (Å²) in [5.74, 6) is 1.04. The normalized spacial score (nSPS) is 16.2. The first-order valence-electron chi connectivity index (χ1n) is 20.1. The van der Waals surface area contributed by atoms with Gasteiger partial charge in [0.25, 0.3) is 0 Å². The summed E-state index contributed by atoms with van der Waals surface area (Å²) in [6.07, 6.45) is 12.3. The van der Waals surface area contributed by atoms with Crippen LogP contribution in [0, 0.1) is 0 Å². The second-order valence-electron chi connectivity index (χ2n) is 17.4. The first-order valence-corrected chi connectivity index (χ1v) is 33.2. The summed E-state index contributed by atoms with van der Waals surface area (Å²) in [6, 6.07) is 55.4. The Balaban J connectivity index is 1.36. The van der Waals surface area contributed by atoms with Gasteiger partial charge in [-0.1, -0.05) is 0 Å². The fraction of sp³-hybridized carbons (Fsp3) is 0.226. The first kappa shape index (κ1) is 36.5. The van der Waals surface area contributed by atoms with Gasteiger partial charge in [-0.05, 0) is 0 Å². The fourth-order valence-electron chi connectivity index (χ4n) is 9.76. The molecule has 270 valence electrons. The molecule has 1 heteroatoms. The SMILES string of the molecule is CC(C)c1ccc(-c2cccc3c2C=C[CH]3[Hf]([CH3])([CH3])(=[C](Cc2ccccc2)Cc2ccccc2)[CH]2C=Cc3c(-c4ccc(C(C)C)cc4)cccc32)cc1. The Morgan fingerprint density at radius 3 is 1.22 bits per heavy atom. The zero-order valence-corrected chi connectivity index (χ0v) is 36.5. The average Bonchev–Trinajstić information content (AvgIpc) is 3.85. The minimum atomic E-state index is -4.47. The molecule has 2 aliphatic carbocycles. The molecule has 0 N–H and O–H groups in total. The van der Waals surface area contributed by atoms with Crippen molar-refractivity contribution in [1.29, 1.82) is 0 Å². The quantitative estimate of drug-likeness (QED) is 0.120. The van der Waals surface area contributed by atoms with Crippen LogP contribution in [0.1, 0.15) is 91.4 Å². The summed E-state index contributed by atoms with van der Waals surface area (Å²) >= 11 is -4.47. The molecule has 6 aromatic carbocycles. The molecule has 2 unspecified atom stereocenters. The van der Waals surface area contributed by atoms with Crippen LogP contribution in [0.25, 0.3) is 34.4 Å². The number of fused-ring (bicyclic) bond motifs is 2. The van der Waals surface area contributed by atoms with E-state index >= 15 is 0 Å². The van der Waals surface area contributed by atoms with E-state index in [4.69, 9.17) is 0 Å². The van der Waals surface area contributed by atoms with E-state index in [1.54, 1.807) is 3.26 Å². The van der Waals surface area contributed by atoms with Gasteiger partial charge in [0.1, 0.15) is 0 Å². The molecule has 0 saturated carbocycles. The molecule has 6 aromatic rings. The molecule has 2 atom stereocenters. The van der Waals surface area contributed by atoms with E-state index in [9.17, 15) is 0 Å². The Labute approximate surface area is 324 Å². The van der Waals surface area contributed by atoms with E-state index in [1.165, 1.54) is 66.8 Å². The third-order valence-corrected chi connectivity index (χ3v) is 39.8. The molecular formula is C53H54Hf. The van der Waals surface area contributed by atoms with Gasteiger partial charge in [-0.25, -0.2) is 0 Å². The molecule has 0 amide bonds. The zero-order chi connectivity index (χ0) is 37.5. The Morgan fingerprint density at radius 2 is 0.852 bits per heavy atom. The zero-order valence-electron chi connectivity index (χ0n) is 32.9. The monoisotopic (exact) mass is 870 g/mol.